The third-order valence-corrected chi connectivity index (χ3v) is 10.3. The first-order chi connectivity index (χ1) is 25.6. The number of carbonyl (C=O) groups excluding carboxylic acids is 3. The average Bonchev–Trinajstić information content (AvgIpc) is 3.63. The molecule has 0 unspecified atom stereocenters. The van der Waals surface area contributed by atoms with Gasteiger partial charge in [-0.25, -0.2) is 4.79 Å². The molecule has 3 aromatic rings. The summed E-state index contributed by atoms with van der Waals surface area (Å²) in [6.45, 7) is 7.08. The minimum atomic E-state index is -0.439. The van der Waals surface area contributed by atoms with Gasteiger partial charge in [0.15, 0.2) is 11.6 Å². The van der Waals surface area contributed by atoms with Crippen molar-refractivity contribution in [2.24, 2.45) is 0 Å². The van der Waals surface area contributed by atoms with Gasteiger partial charge in [-0.2, -0.15) is 0 Å². The summed E-state index contributed by atoms with van der Waals surface area (Å²) >= 11 is 0. The van der Waals surface area contributed by atoms with Crippen LogP contribution >= 0.6 is 0 Å². The number of ketones is 2. The zero-order valence-electron chi connectivity index (χ0n) is 32.1. The van der Waals surface area contributed by atoms with Crippen LogP contribution in [0.3, 0.4) is 0 Å². The molecule has 0 fully saturated rings. The van der Waals surface area contributed by atoms with E-state index >= 15 is 0 Å². The molecule has 0 saturated carbocycles. The lowest BCUT2D eigenvalue weighted by Crippen LogP contribution is -2.17. The van der Waals surface area contributed by atoms with Crippen LogP contribution in [0.4, 0.5) is 0 Å². The Hall–Kier alpha value is -3.83. The highest BCUT2D eigenvalue weighted by atomic mass is 16.5. The predicted octanol–water partition coefficient (Wildman–Crippen LogP) is 10.5. The molecule has 0 aromatic heterocycles. The molecule has 0 spiro atoms. The number of benzene rings is 3. The first-order valence-corrected chi connectivity index (χ1v) is 20.6. The van der Waals surface area contributed by atoms with Crippen LogP contribution in [0.5, 0.6) is 5.75 Å². The summed E-state index contributed by atoms with van der Waals surface area (Å²) in [5, 5.41) is 4.75. The zero-order chi connectivity index (χ0) is 36.8. The van der Waals surface area contributed by atoms with Crippen molar-refractivity contribution in [1.29, 1.82) is 0 Å². The summed E-state index contributed by atoms with van der Waals surface area (Å²) in [7, 11) is 0. The molecule has 5 nitrogen and oxygen atoms in total. The summed E-state index contributed by atoms with van der Waals surface area (Å²) in [5.41, 5.74) is 2.18. The van der Waals surface area contributed by atoms with E-state index in [1.165, 1.54) is 142 Å². The van der Waals surface area contributed by atoms with Crippen molar-refractivity contribution >= 4 is 28.7 Å². The lowest BCUT2D eigenvalue weighted by atomic mass is 10.0. The lowest BCUT2D eigenvalue weighted by molar-refractivity contribution is -0.127. The van der Waals surface area contributed by atoms with Gasteiger partial charge in [0.2, 0.25) is 0 Å². The van der Waals surface area contributed by atoms with Gasteiger partial charge in [0.1, 0.15) is 5.75 Å². The topological polar surface area (TPSA) is 72.5 Å². The van der Waals surface area contributed by atoms with Crippen molar-refractivity contribution in [1.82, 2.24) is 5.32 Å². The highest BCUT2D eigenvalue weighted by molar-refractivity contribution is 6.55. The predicted molar refractivity (Wildman–Crippen MR) is 215 cm³/mol. The Morgan fingerprint density at radius 2 is 0.923 bits per heavy atom. The van der Waals surface area contributed by atoms with Crippen LogP contribution in [-0.2, 0) is 4.79 Å². The molecule has 280 valence electrons. The molecule has 1 N–H and O–H groups in total. The molecule has 5 heteroatoms. The third-order valence-electron chi connectivity index (χ3n) is 10.3. The minimum absolute atomic E-state index is 0.114. The number of nitrogens with one attached hydrogen (secondary N) is 1. The summed E-state index contributed by atoms with van der Waals surface area (Å²) < 4.78 is 5.41. The van der Waals surface area contributed by atoms with Crippen LogP contribution in [0.1, 0.15) is 169 Å². The Kier molecular flexibility index (Phi) is 18.6. The molecule has 0 saturated heterocycles. The molecular formula is C47H63NO4. The van der Waals surface area contributed by atoms with E-state index in [4.69, 9.17) is 4.74 Å². The molecule has 1 heterocycles. The molecule has 1 aliphatic carbocycles. The third kappa shape index (κ3) is 12.7. The number of fused-ring (bicyclic) bond motifs is 2. The van der Waals surface area contributed by atoms with Crippen molar-refractivity contribution in [3.05, 3.63) is 99.9 Å². The molecule has 3 aromatic carbocycles. The standard InChI is InChI=1S/C24H51N.C23H12O4/c1-3-5-7-9-11-13-15-17-19-21-23-25-24-22-20-18-16-14-12-10-8-6-4-2;24-21-15-8-4-5-9-16(15)22(25)20(21)14-10-11-17-18(12-14)27-23(26)19(17)13-6-2-1-3-7-13/h25H,3-24H2,1-2H3;1-12H. The van der Waals surface area contributed by atoms with Crippen LogP contribution in [-0.4, -0.2) is 30.6 Å². The maximum atomic E-state index is 12.7. The quantitative estimate of drug-likeness (QED) is 0.0604. The number of unbranched alkanes of at least 4 members (excludes halogenated alkanes) is 18. The fraction of sp³-hybridized carbons (Fsp3) is 0.511. The van der Waals surface area contributed by atoms with E-state index in [9.17, 15) is 14.4 Å². The number of carbonyl (C=O) groups is 3. The Labute approximate surface area is 313 Å². The van der Waals surface area contributed by atoms with E-state index in [1.54, 1.807) is 42.5 Å². The molecule has 0 radical (unpaired) electrons. The van der Waals surface area contributed by atoms with E-state index < -0.39 is 5.97 Å². The fourth-order valence-corrected chi connectivity index (χ4v) is 7.22. The van der Waals surface area contributed by atoms with E-state index in [2.05, 4.69) is 19.2 Å². The normalized spacial score (nSPS) is 13.2. The van der Waals surface area contributed by atoms with Crippen molar-refractivity contribution in [2.75, 3.05) is 13.1 Å². The number of Topliss-reactive ketones (excluding diaryl/α,β-unsaturated/α-hetero) is 2. The number of hydrogen-bond donors (Lipinski definition) is 1. The van der Waals surface area contributed by atoms with Crippen LogP contribution in [0.2, 0.25) is 0 Å². The van der Waals surface area contributed by atoms with E-state index in [1.807, 2.05) is 30.3 Å². The van der Waals surface area contributed by atoms with Crippen LogP contribution < -0.4 is 20.5 Å². The van der Waals surface area contributed by atoms with Gasteiger partial charge in [-0.1, -0.05) is 190 Å². The summed E-state index contributed by atoms with van der Waals surface area (Å²) in [4.78, 5) is 37.7. The first kappa shape index (κ1) is 40.9. The Balaban J connectivity index is 0.000000234. The summed E-state index contributed by atoms with van der Waals surface area (Å²) in [6, 6.07) is 21.1. The van der Waals surface area contributed by atoms with Gasteiger partial charge in [0, 0.05) is 16.3 Å². The molecule has 1 aliphatic heterocycles. The van der Waals surface area contributed by atoms with Gasteiger partial charge < -0.3 is 10.1 Å². The van der Waals surface area contributed by atoms with Crippen molar-refractivity contribution in [2.45, 2.75) is 142 Å². The van der Waals surface area contributed by atoms with Crippen molar-refractivity contribution in [3.63, 3.8) is 0 Å². The Morgan fingerprint density at radius 3 is 1.40 bits per heavy atom. The number of esters is 1. The van der Waals surface area contributed by atoms with Crippen molar-refractivity contribution < 1.29 is 19.1 Å². The maximum Gasteiger partial charge on any atom is 0.344 e. The average molecular weight is 706 g/mol. The zero-order valence-corrected chi connectivity index (χ0v) is 32.1. The van der Waals surface area contributed by atoms with E-state index in [-0.39, 0.29) is 17.1 Å². The Bertz CT molecular complexity index is 1620. The second-order valence-electron chi connectivity index (χ2n) is 14.5. The first-order valence-electron chi connectivity index (χ1n) is 20.6. The van der Waals surface area contributed by atoms with Gasteiger partial charge >= 0.3 is 5.97 Å². The number of hydrogen-bond acceptors (Lipinski definition) is 5. The molecule has 0 bridgehead atoms. The van der Waals surface area contributed by atoms with E-state index in [0.717, 1.165) is 5.56 Å². The smallest absolute Gasteiger partial charge is 0.344 e. The van der Waals surface area contributed by atoms with Gasteiger partial charge in [-0.3, -0.25) is 9.59 Å². The van der Waals surface area contributed by atoms with Gasteiger partial charge in [-0.15, -0.1) is 0 Å². The molecular weight excluding hydrogens is 643 g/mol. The maximum absolute atomic E-state index is 12.7. The number of ether oxygens (including phenoxy) is 1. The van der Waals surface area contributed by atoms with Gasteiger partial charge in [-0.05, 0) is 48.8 Å². The van der Waals surface area contributed by atoms with Crippen LogP contribution in [0.15, 0.2) is 72.8 Å². The fourth-order valence-electron chi connectivity index (χ4n) is 7.22. The highest BCUT2D eigenvalue weighted by Gasteiger charge is 2.33. The molecule has 2 aliphatic rings. The molecule has 5 rings (SSSR count). The number of rotatable bonds is 23. The second-order valence-corrected chi connectivity index (χ2v) is 14.5. The van der Waals surface area contributed by atoms with Crippen LogP contribution in [0.25, 0.3) is 11.1 Å². The van der Waals surface area contributed by atoms with Crippen LogP contribution in [0, 0.1) is 0 Å². The monoisotopic (exact) mass is 705 g/mol. The van der Waals surface area contributed by atoms with Crippen molar-refractivity contribution in [3.8, 4) is 5.75 Å². The Morgan fingerprint density at radius 1 is 0.481 bits per heavy atom. The lowest BCUT2D eigenvalue weighted by Gasteiger charge is -2.05. The molecule has 0 atom stereocenters. The summed E-state index contributed by atoms with van der Waals surface area (Å²) in [6.07, 6.45) is 28.8. The molecule has 0 amide bonds. The van der Waals surface area contributed by atoms with Gasteiger partial charge in [0.05, 0.1) is 11.1 Å². The van der Waals surface area contributed by atoms with E-state index in [0.29, 0.717) is 32.9 Å². The SMILES string of the molecule is CCCCCCCCCCCCNCCCCCCCCCCCC.O=C1Oc2cc(=C3C(=O)c4ccccc4C3=O)ccc2=C1c1ccccc1. The molecule has 52 heavy (non-hydrogen) atoms. The second kappa shape index (κ2) is 23.7. The minimum Gasteiger partial charge on any atom is -0.422 e. The van der Waals surface area contributed by atoms with Gasteiger partial charge in [0.25, 0.3) is 0 Å². The highest BCUT2D eigenvalue weighted by Crippen LogP contribution is 2.27. The summed E-state index contributed by atoms with van der Waals surface area (Å²) in [5.74, 6) is -0.676. The largest absolute Gasteiger partial charge is 0.422 e.